The minimum absolute atomic E-state index is 0.495. The van der Waals surface area contributed by atoms with E-state index in [2.05, 4.69) is 44.8 Å². The van der Waals surface area contributed by atoms with E-state index in [9.17, 15) is 0 Å². The Hall–Kier alpha value is -2.61. The fraction of sp³-hybridized carbons (Fsp3) is 0.609. The van der Waals surface area contributed by atoms with Crippen LogP contribution < -0.4 is 15.4 Å². The van der Waals surface area contributed by atoms with Gasteiger partial charge < -0.3 is 19.9 Å². The highest BCUT2D eigenvalue weighted by Gasteiger charge is 2.22. The first-order valence-corrected chi connectivity index (χ1v) is 11.4. The Morgan fingerprint density at radius 2 is 2.13 bits per heavy atom. The highest BCUT2D eigenvalue weighted by Crippen LogP contribution is 2.16. The molecule has 1 atom stereocenters. The summed E-state index contributed by atoms with van der Waals surface area (Å²) in [5.74, 6) is 3.50. The number of hydrogen-bond acceptors (Lipinski definition) is 5. The monoisotopic (exact) mass is 427 g/mol. The van der Waals surface area contributed by atoms with E-state index < -0.39 is 0 Å². The lowest BCUT2D eigenvalue weighted by atomic mass is 10.1. The van der Waals surface area contributed by atoms with Crippen LogP contribution >= 0.6 is 0 Å². The van der Waals surface area contributed by atoms with E-state index in [1.165, 1.54) is 24.9 Å². The first-order chi connectivity index (χ1) is 15.1. The summed E-state index contributed by atoms with van der Waals surface area (Å²) in [5.41, 5.74) is 1.25. The quantitative estimate of drug-likeness (QED) is 0.447. The van der Waals surface area contributed by atoms with Crippen LogP contribution in [0.25, 0.3) is 0 Å². The molecule has 0 radical (unpaired) electrons. The molecule has 0 saturated carbocycles. The van der Waals surface area contributed by atoms with Crippen molar-refractivity contribution < 1.29 is 4.74 Å². The fourth-order valence-electron chi connectivity index (χ4n) is 3.95. The van der Waals surface area contributed by atoms with E-state index in [-0.39, 0.29) is 0 Å². The van der Waals surface area contributed by atoms with E-state index in [0.717, 1.165) is 49.4 Å². The summed E-state index contributed by atoms with van der Waals surface area (Å²) in [7, 11) is 1.98. The second-order valence-electron chi connectivity index (χ2n) is 7.95. The molecule has 1 aliphatic heterocycles. The van der Waals surface area contributed by atoms with Gasteiger partial charge in [0.05, 0.1) is 6.61 Å². The minimum atomic E-state index is 0.495. The number of aryl methyl sites for hydroxylation is 1. The largest absolute Gasteiger partial charge is 0.494 e. The van der Waals surface area contributed by atoms with Gasteiger partial charge in [0.25, 0.3) is 0 Å². The zero-order chi connectivity index (χ0) is 22.1. The first kappa shape index (κ1) is 23.1. The van der Waals surface area contributed by atoms with Gasteiger partial charge in [-0.05, 0) is 63.9 Å². The van der Waals surface area contributed by atoms with Crippen molar-refractivity contribution in [2.45, 2.75) is 52.6 Å². The zero-order valence-corrected chi connectivity index (χ0v) is 19.4. The van der Waals surface area contributed by atoms with Gasteiger partial charge in [-0.15, -0.1) is 10.2 Å². The van der Waals surface area contributed by atoms with Gasteiger partial charge in [0.1, 0.15) is 18.1 Å². The summed E-state index contributed by atoms with van der Waals surface area (Å²) in [6.45, 7) is 11.3. The van der Waals surface area contributed by atoms with E-state index in [0.29, 0.717) is 19.2 Å². The number of ether oxygens (including phenoxy) is 1. The van der Waals surface area contributed by atoms with E-state index in [1.807, 2.05) is 37.6 Å². The number of benzene rings is 1. The van der Waals surface area contributed by atoms with Crippen LogP contribution in [0.4, 0.5) is 0 Å². The molecule has 2 N–H and O–H groups in total. The standard InChI is InChI=1S/C23H37N7O/c1-5-30-14-8-10-20(30)16-25-23(26-17-22-28-27-18(3)29(22)4)24-13-12-19-9-7-11-21(15-19)31-6-2/h7,9,11,15,20H,5-6,8,10,12-14,16-17H2,1-4H3,(H2,24,25,26). The number of aliphatic imine (C=N–C) groups is 1. The molecular weight excluding hydrogens is 390 g/mol. The van der Waals surface area contributed by atoms with Crippen LogP contribution in [-0.2, 0) is 20.0 Å². The van der Waals surface area contributed by atoms with Crippen molar-refractivity contribution in [1.29, 1.82) is 0 Å². The number of hydrogen-bond donors (Lipinski definition) is 2. The Morgan fingerprint density at radius 3 is 2.87 bits per heavy atom. The van der Waals surface area contributed by atoms with Crippen molar-refractivity contribution in [1.82, 2.24) is 30.3 Å². The van der Waals surface area contributed by atoms with E-state index in [1.54, 1.807) is 0 Å². The van der Waals surface area contributed by atoms with Gasteiger partial charge in [-0.3, -0.25) is 4.90 Å². The average molecular weight is 428 g/mol. The van der Waals surface area contributed by atoms with Gasteiger partial charge in [-0.25, -0.2) is 4.99 Å². The van der Waals surface area contributed by atoms with Crippen LogP contribution in [-0.4, -0.2) is 64.5 Å². The topological polar surface area (TPSA) is 79.6 Å². The predicted molar refractivity (Wildman–Crippen MR) is 124 cm³/mol. The van der Waals surface area contributed by atoms with E-state index >= 15 is 0 Å². The number of rotatable bonds is 10. The highest BCUT2D eigenvalue weighted by atomic mass is 16.5. The van der Waals surface area contributed by atoms with Gasteiger partial charge in [0.2, 0.25) is 0 Å². The SMILES string of the molecule is CCOc1cccc(CCNC(=NCc2nnc(C)n2C)NCC2CCCN2CC)c1. The maximum Gasteiger partial charge on any atom is 0.191 e. The summed E-state index contributed by atoms with van der Waals surface area (Å²) >= 11 is 0. The lowest BCUT2D eigenvalue weighted by molar-refractivity contribution is 0.267. The number of guanidine groups is 1. The van der Waals surface area contributed by atoms with Crippen molar-refractivity contribution in [2.24, 2.45) is 12.0 Å². The van der Waals surface area contributed by atoms with Crippen LogP contribution in [0.1, 0.15) is 43.9 Å². The molecule has 1 fully saturated rings. The van der Waals surface area contributed by atoms with Gasteiger partial charge in [0.15, 0.2) is 11.8 Å². The molecule has 1 unspecified atom stereocenters. The van der Waals surface area contributed by atoms with Crippen LogP contribution in [0, 0.1) is 6.92 Å². The Morgan fingerprint density at radius 1 is 1.26 bits per heavy atom. The fourth-order valence-corrected chi connectivity index (χ4v) is 3.95. The van der Waals surface area contributed by atoms with Crippen molar-refractivity contribution in [3.8, 4) is 5.75 Å². The Bertz CT molecular complexity index is 848. The summed E-state index contributed by atoms with van der Waals surface area (Å²) in [6, 6.07) is 8.85. The molecule has 170 valence electrons. The molecule has 31 heavy (non-hydrogen) atoms. The molecule has 8 nitrogen and oxygen atoms in total. The number of nitrogens with zero attached hydrogens (tertiary/aromatic N) is 5. The number of likely N-dealkylation sites (tertiary alicyclic amines) is 1. The molecule has 8 heteroatoms. The van der Waals surface area contributed by atoms with Crippen LogP contribution in [0.5, 0.6) is 5.75 Å². The molecule has 0 spiro atoms. The van der Waals surface area contributed by atoms with Crippen molar-refractivity contribution in [3.05, 3.63) is 41.5 Å². The zero-order valence-electron chi connectivity index (χ0n) is 19.4. The predicted octanol–water partition coefficient (Wildman–Crippen LogP) is 2.28. The van der Waals surface area contributed by atoms with Crippen LogP contribution in [0.15, 0.2) is 29.3 Å². The smallest absolute Gasteiger partial charge is 0.191 e. The van der Waals surface area contributed by atoms with Gasteiger partial charge in [0, 0.05) is 26.2 Å². The number of likely N-dealkylation sites (N-methyl/N-ethyl adjacent to an activating group) is 1. The number of aromatic nitrogens is 3. The van der Waals surface area contributed by atoms with Crippen LogP contribution in [0.3, 0.4) is 0 Å². The lowest BCUT2D eigenvalue weighted by Gasteiger charge is -2.24. The first-order valence-electron chi connectivity index (χ1n) is 11.4. The molecule has 2 heterocycles. The molecule has 0 amide bonds. The summed E-state index contributed by atoms with van der Waals surface area (Å²) in [5, 5.41) is 15.4. The lowest BCUT2D eigenvalue weighted by Crippen LogP contribution is -2.45. The molecule has 1 aromatic heterocycles. The Kier molecular flexibility index (Phi) is 8.70. The van der Waals surface area contributed by atoms with Crippen molar-refractivity contribution >= 4 is 5.96 Å². The maximum absolute atomic E-state index is 5.61. The van der Waals surface area contributed by atoms with Gasteiger partial charge in [-0.2, -0.15) is 0 Å². The van der Waals surface area contributed by atoms with Crippen molar-refractivity contribution in [3.63, 3.8) is 0 Å². The average Bonchev–Trinajstić information content (AvgIpc) is 3.36. The minimum Gasteiger partial charge on any atom is -0.494 e. The molecule has 0 aliphatic carbocycles. The van der Waals surface area contributed by atoms with Crippen molar-refractivity contribution in [2.75, 3.05) is 32.8 Å². The molecule has 0 bridgehead atoms. The number of nitrogens with one attached hydrogen (secondary N) is 2. The van der Waals surface area contributed by atoms with Gasteiger partial charge >= 0.3 is 0 Å². The molecule has 1 aromatic carbocycles. The van der Waals surface area contributed by atoms with Crippen LogP contribution in [0.2, 0.25) is 0 Å². The summed E-state index contributed by atoms with van der Waals surface area (Å²) < 4.78 is 7.60. The molecule has 1 saturated heterocycles. The third-order valence-electron chi connectivity index (χ3n) is 5.89. The van der Waals surface area contributed by atoms with E-state index in [4.69, 9.17) is 9.73 Å². The Labute approximate surface area is 186 Å². The summed E-state index contributed by atoms with van der Waals surface area (Å²) in [6.07, 6.45) is 3.41. The highest BCUT2D eigenvalue weighted by molar-refractivity contribution is 5.79. The molecular formula is C23H37N7O. The molecule has 1 aliphatic rings. The van der Waals surface area contributed by atoms with Gasteiger partial charge in [-0.1, -0.05) is 19.1 Å². The maximum atomic E-state index is 5.61. The molecule has 2 aromatic rings. The normalized spacial score (nSPS) is 17.2. The second kappa shape index (κ2) is 11.7. The second-order valence-corrected chi connectivity index (χ2v) is 7.95. The Balaban J connectivity index is 1.59. The third kappa shape index (κ3) is 6.69. The molecule has 3 rings (SSSR count). The third-order valence-corrected chi connectivity index (χ3v) is 5.89. The summed E-state index contributed by atoms with van der Waals surface area (Å²) in [4.78, 5) is 7.32.